The van der Waals surface area contributed by atoms with E-state index in [1.807, 2.05) is 0 Å². The van der Waals surface area contributed by atoms with Gasteiger partial charge in [0.1, 0.15) is 12.6 Å². The fourth-order valence-corrected chi connectivity index (χ4v) is 8.18. The second kappa shape index (κ2) is 9.19. The molecule has 30 heavy (non-hydrogen) atoms. The summed E-state index contributed by atoms with van der Waals surface area (Å²) in [4.78, 5) is 13.4. The molecule has 0 aromatic carbocycles. The molecule has 0 saturated heterocycles. The Bertz CT molecular complexity index is 606. The van der Waals surface area contributed by atoms with E-state index in [4.69, 9.17) is 14.2 Å². The summed E-state index contributed by atoms with van der Waals surface area (Å²) in [6.45, 7) is 9.38. The number of ether oxygens (including phenoxy) is 3. The summed E-state index contributed by atoms with van der Waals surface area (Å²) in [5.41, 5.74) is 0.541. The van der Waals surface area contributed by atoms with E-state index in [9.17, 15) is 4.79 Å². The Balaban J connectivity index is 1.46. The smallest absolute Gasteiger partial charge is 0.146 e. The molecule has 172 valence electrons. The van der Waals surface area contributed by atoms with E-state index in [0.717, 1.165) is 38.9 Å². The highest BCUT2D eigenvalue weighted by molar-refractivity contribution is 5.83. The van der Waals surface area contributed by atoms with Crippen LogP contribution in [-0.4, -0.2) is 39.0 Å². The Kier molecular flexibility index (Phi) is 6.97. The number of hydrogen-bond acceptors (Lipinski definition) is 4. The lowest BCUT2D eigenvalue weighted by molar-refractivity contribution is -0.169. The zero-order valence-corrected chi connectivity index (χ0v) is 19.8. The van der Waals surface area contributed by atoms with Crippen molar-refractivity contribution in [1.82, 2.24) is 0 Å². The number of methoxy groups -OCH3 is 1. The minimum Gasteiger partial charge on any atom is -0.381 e. The number of rotatable bonds is 8. The molecule has 0 amide bonds. The summed E-state index contributed by atoms with van der Waals surface area (Å²) in [6.07, 6.45) is 11.7. The normalized spacial score (nSPS) is 45.7. The molecule has 4 fully saturated rings. The van der Waals surface area contributed by atoms with Gasteiger partial charge in [-0.15, -0.1) is 0 Å². The van der Waals surface area contributed by atoms with Crippen molar-refractivity contribution in [1.29, 1.82) is 0 Å². The van der Waals surface area contributed by atoms with Gasteiger partial charge >= 0.3 is 0 Å². The van der Waals surface area contributed by atoms with Crippen molar-refractivity contribution in [2.75, 3.05) is 27.1 Å². The predicted octanol–water partition coefficient (Wildman–Crippen LogP) is 5.63. The Labute approximate surface area is 183 Å². The second-order valence-corrected chi connectivity index (χ2v) is 11.3. The van der Waals surface area contributed by atoms with Crippen LogP contribution in [0.5, 0.6) is 0 Å². The maximum absolute atomic E-state index is 13.4. The SMILES string of the molecule is CCCCOC[C@H]1CCC2[C@@H]3CC(=O)C4C[C@@H](OCOC)CC[C@]4(C)C3CC[C@@]21C. The molecule has 0 spiro atoms. The molecule has 0 aliphatic heterocycles. The van der Waals surface area contributed by atoms with Crippen LogP contribution < -0.4 is 0 Å². The number of unbranched alkanes of at least 4 members (excludes halogenated alkanes) is 1. The number of ketones is 1. The standard InChI is InChI=1S/C26H44O4/c1-5-6-13-29-16-18-7-8-21-20-15-24(27)23-14-19(30-17-28-4)9-11-26(23,3)22(20)10-12-25(18,21)2/h18-23H,5-17H2,1-4H3/t18-,19+,20+,21?,22?,23?,25-,26-/m1/s1. The number of carbonyl (C=O) groups is 1. The molecule has 0 aromatic heterocycles. The van der Waals surface area contributed by atoms with Gasteiger partial charge in [0.2, 0.25) is 0 Å². The molecule has 3 unspecified atom stereocenters. The van der Waals surface area contributed by atoms with Gasteiger partial charge < -0.3 is 14.2 Å². The Morgan fingerprint density at radius 1 is 1.03 bits per heavy atom. The van der Waals surface area contributed by atoms with E-state index in [-0.39, 0.29) is 17.4 Å². The van der Waals surface area contributed by atoms with Crippen molar-refractivity contribution >= 4 is 5.78 Å². The highest BCUT2D eigenvalue weighted by atomic mass is 16.7. The van der Waals surface area contributed by atoms with Crippen LogP contribution >= 0.6 is 0 Å². The Hall–Kier alpha value is -0.450. The van der Waals surface area contributed by atoms with Crippen molar-refractivity contribution in [2.45, 2.75) is 91.1 Å². The van der Waals surface area contributed by atoms with Crippen LogP contribution in [-0.2, 0) is 19.0 Å². The van der Waals surface area contributed by atoms with Crippen LogP contribution in [0.3, 0.4) is 0 Å². The summed E-state index contributed by atoms with van der Waals surface area (Å²) in [7, 11) is 1.67. The van der Waals surface area contributed by atoms with Gasteiger partial charge in [0.15, 0.2) is 0 Å². The molecule has 0 radical (unpaired) electrons. The minimum absolute atomic E-state index is 0.171. The summed E-state index contributed by atoms with van der Waals surface area (Å²) in [5.74, 6) is 3.40. The molecule has 4 rings (SSSR count). The van der Waals surface area contributed by atoms with E-state index in [2.05, 4.69) is 20.8 Å². The fourth-order valence-electron chi connectivity index (χ4n) is 8.18. The molecule has 4 aliphatic rings. The van der Waals surface area contributed by atoms with Gasteiger partial charge in [-0.3, -0.25) is 4.79 Å². The first-order chi connectivity index (χ1) is 14.4. The molecule has 4 saturated carbocycles. The monoisotopic (exact) mass is 420 g/mol. The molecule has 4 nitrogen and oxygen atoms in total. The zero-order valence-electron chi connectivity index (χ0n) is 19.8. The summed E-state index contributed by atoms with van der Waals surface area (Å²) < 4.78 is 17.1. The summed E-state index contributed by atoms with van der Waals surface area (Å²) in [6, 6.07) is 0. The van der Waals surface area contributed by atoms with Gasteiger partial charge in [0, 0.05) is 32.7 Å². The maximum Gasteiger partial charge on any atom is 0.146 e. The van der Waals surface area contributed by atoms with E-state index in [1.165, 1.54) is 38.5 Å². The van der Waals surface area contributed by atoms with E-state index < -0.39 is 0 Å². The van der Waals surface area contributed by atoms with Crippen LogP contribution in [0.4, 0.5) is 0 Å². The van der Waals surface area contributed by atoms with Gasteiger partial charge in [-0.25, -0.2) is 0 Å². The number of fused-ring (bicyclic) bond motifs is 5. The van der Waals surface area contributed by atoms with Crippen molar-refractivity contribution in [3.05, 3.63) is 0 Å². The van der Waals surface area contributed by atoms with Crippen LogP contribution in [0, 0.1) is 40.4 Å². The maximum atomic E-state index is 13.4. The van der Waals surface area contributed by atoms with Crippen molar-refractivity contribution in [2.24, 2.45) is 40.4 Å². The first kappa shape index (κ1) is 22.7. The third-order valence-electron chi connectivity index (χ3n) is 9.99. The molecular formula is C26H44O4. The summed E-state index contributed by atoms with van der Waals surface area (Å²) in [5, 5.41) is 0. The molecule has 0 bridgehead atoms. The van der Waals surface area contributed by atoms with E-state index in [0.29, 0.717) is 41.7 Å². The van der Waals surface area contributed by atoms with E-state index >= 15 is 0 Å². The lowest BCUT2D eigenvalue weighted by Gasteiger charge is -2.60. The highest BCUT2D eigenvalue weighted by Gasteiger charge is 2.62. The van der Waals surface area contributed by atoms with E-state index in [1.54, 1.807) is 7.11 Å². The third-order valence-corrected chi connectivity index (χ3v) is 9.99. The molecule has 4 heteroatoms. The highest BCUT2D eigenvalue weighted by Crippen LogP contribution is 2.66. The molecule has 0 heterocycles. The molecular weight excluding hydrogens is 376 g/mol. The lowest BCUT2D eigenvalue weighted by Crippen LogP contribution is -2.57. The number of carbonyl (C=O) groups excluding carboxylic acids is 1. The van der Waals surface area contributed by atoms with Crippen molar-refractivity contribution in [3.63, 3.8) is 0 Å². The largest absolute Gasteiger partial charge is 0.381 e. The zero-order chi connectivity index (χ0) is 21.4. The van der Waals surface area contributed by atoms with Crippen LogP contribution in [0.15, 0.2) is 0 Å². The van der Waals surface area contributed by atoms with Gasteiger partial charge in [-0.2, -0.15) is 0 Å². The van der Waals surface area contributed by atoms with Crippen LogP contribution in [0.25, 0.3) is 0 Å². The number of Topliss-reactive ketones (excluding diaryl/α,β-unsaturated/α-hetero) is 1. The summed E-state index contributed by atoms with van der Waals surface area (Å²) >= 11 is 0. The van der Waals surface area contributed by atoms with Gasteiger partial charge in [-0.05, 0) is 85.9 Å². The quantitative estimate of drug-likeness (QED) is 0.377. The van der Waals surface area contributed by atoms with Crippen molar-refractivity contribution in [3.8, 4) is 0 Å². The average Bonchev–Trinajstić information content (AvgIpc) is 3.07. The molecule has 0 N–H and O–H groups in total. The van der Waals surface area contributed by atoms with Crippen LogP contribution in [0.1, 0.15) is 85.0 Å². The van der Waals surface area contributed by atoms with Crippen LogP contribution in [0.2, 0.25) is 0 Å². The second-order valence-electron chi connectivity index (χ2n) is 11.3. The van der Waals surface area contributed by atoms with Gasteiger partial charge in [-0.1, -0.05) is 27.2 Å². The Morgan fingerprint density at radius 3 is 2.57 bits per heavy atom. The third kappa shape index (κ3) is 3.90. The fraction of sp³-hybridized carbons (Fsp3) is 0.962. The number of hydrogen-bond donors (Lipinski definition) is 0. The molecule has 0 aromatic rings. The predicted molar refractivity (Wildman–Crippen MR) is 118 cm³/mol. The lowest BCUT2D eigenvalue weighted by atomic mass is 9.44. The first-order valence-electron chi connectivity index (χ1n) is 12.6. The van der Waals surface area contributed by atoms with Gasteiger partial charge in [0.05, 0.1) is 6.10 Å². The molecule has 8 atom stereocenters. The Morgan fingerprint density at radius 2 is 1.80 bits per heavy atom. The average molecular weight is 421 g/mol. The molecule has 4 aliphatic carbocycles. The topological polar surface area (TPSA) is 44.8 Å². The van der Waals surface area contributed by atoms with Crippen molar-refractivity contribution < 1.29 is 19.0 Å². The first-order valence-corrected chi connectivity index (χ1v) is 12.6. The van der Waals surface area contributed by atoms with Gasteiger partial charge in [0.25, 0.3) is 0 Å². The minimum atomic E-state index is 0.171.